The molecule has 0 radical (unpaired) electrons. The summed E-state index contributed by atoms with van der Waals surface area (Å²) >= 11 is -2.20. The normalized spacial score (nSPS) is 10.8. The van der Waals surface area contributed by atoms with E-state index in [1.165, 1.54) is 21.5 Å². The number of halogens is 2. The Labute approximate surface area is 173 Å². The van der Waals surface area contributed by atoms with Gasteiger partial charge in [-0.15, -0.1) is 0 Å². The first-order valence-electron chi connectivity index (χ1n) is 7.46. The minimum absolute atomic E-state index is 0. The molecular formula is C20H18Cl2GeTi. The molecule has 0 saturated heterocycles. The number of rotatable bonds is 2. The fourth-order valence-corrected chi connectivity index (χ4v) is 8.22. The summed E-state index contributed by atoms with van der Waals surface area (Å²) in [6.45, 7) is 0. The summed E-state index contributed by atoms with van der Waals surface area (Å²) in [5, 5.41) is 5.51. The Kier molecular flexibility index (Phi) is 7.41. The molecule has 0 N–H and O–H groups in total. The van der Waals surface area contributed by atoms with Crippen molar-refractivity contribution in [2.24, 2.45) is 0 Å². The summed E-state index contributed by atoms with van der Waals surface area (Å²) in [6.07, 6.45) is 0. The average molecular weight is 450 g/mol. The average Bonchev–Trinajstić information content (AvgIpc) is 3.11. The third-order valence-electron chi connectivity index (χ3n) is 4.68. The molecular weight excluding hydrogens is 432 g/mol. The molecule has 24 heavy (non-hydrogen) atoms. The second-order valence-corrected chi connectivity index (χ2v) is 15.6. The molecule has 0 bridgehead atoms. The smallest absolute Gasteiger partial charge is 1.00 e. The third-order valence-corrected chi connectivity index (χ3v) is 11.9. The monoisotopic (exact) mass is 450 g/mol. The summed E-state index contributed by atoms with van der Waals surface area (Å²) < 4.78 is 3.15. The van der Waals surface area contributed by atoms with Crippen LogP contribution in [-0.4, -0.2) is 13.3 Å². The van der Waals surface area contributed by atoms with Crippen LogP contribution in [0.25, 0.3) is 21.5 Å². The number of fused-ring (bicyclic) bond motifs is 2. The van der Waals surface area contributed by atoms with Gasteiger partial charge in [-0.3, -0.25) is 0 Å². The summed E-state index contributed by atoms with van der Waals surface area (Å²) in [5.41, 5.74) is 0. The molecule has 0 aliphatic carbocycles. The molecule has 0 nitrogen and oxygen atoms in total. The largest absolute Gasteiger partial charge is 4.00 e. The fourth-order valence-electron chi connectivity index (χ4n) is 3.19. The van der Waals surface area contributed by atoms with Gasteiger partial charge in [0.15, 0.2) is 0 Å². The topological polar surface area (TPSA) is 0 Å². The molecule has 0 fully saturated rings. The molecule has 4 heteroatoms. The number of benzene rings is 2. The molecule has 0 heterocycles. The van der Waals surface area contributed by atoms with E-state index in [0.29, 0.717) is 0 Å². The van der Waals surface area contributed by atoms with Crippen LogP contribution in [0.15, 0.2) is 72.8 Å². The third kappa shape index (κ3) is 3.69. The zero-order valence-electron chi connectivity index (χ0n) is 13.7. The van der Waals surface area contributed by atoms with Gasteiger partial charge >= 0.3 is 150 Å². The first-order chi connectivity index (χ1) is 10.1. The quantitative estimate of drug-likeness (QED) is 0.252. The van der Waals surface area contributed by atoms with Crippen LogP contribution < -0.4 is 33.6 Å². The Morgan fingerprint density at radius 3 is 1.42 bits per heavy atom. The number of hydrogen-bond donors (Lipinski definition) is 0. The molecule has 0 unspecified atom stereocenters. The minimum atomic E-state index is -2.20. The first kappa shape index (κ1) is 21.5. The van der Waals surface area contributed by atoms with Gasteiger partial charge in [0.2, 0.25) is 0 Å². The van der Waals surface area contributed by atoms with Gasteiger partial charge in [0, 0.05) is 0 Å². The molecule has 4 aromatic rings. The Bertz CT molecular complexity index is 795. The Balaban J connectivity index is 0.000000960. The van der Waals surface area contributed by atoms with Crippen molar-refractivity contribution in [3.8, 4) is 0 Å². The van der Waals surface area contributed by atoms with E-state index in [-0.39, 0.29) is 46.5 Å². The van der Waals surface area contributed by atoms with Crippen molar-refractivity contribution in [1.82, 2.24) is 0 Å². The molecule has 120 valence electrons. The van der Waals surface area contributed by atoms with Crippen LogP contribution in [0.5, 0.6) is 0 Å². The predicted octanol–water partition coefficient (Wildman–Crippen LogP) is -1.74. The van der Waals surface area contributed by atoms with E-state index in [1.807, 2.05) is 0 Å². The molecule has 4 rings (SSSR count). The Hall–Kier alpha value is -0.503. The summed E-state index contributed by atoms with van der Waals surface area (Å²) in [5.74, 6) is 5.00. The molecule has 0 aromatic heterocycles. The first-order valence-corrected chi connectivity index (χ1v) is 13.8. The molecule has 0 saturated carbocycles. The SMILES string of the molecule is [CH3][Ge]([CH3])([c]1cc2ccccc2[cH-]1)[c]1cc2ccccc2[cH-]1.[Cl-].[Cl-].[Ti+4]. The molecule has 4 aromatic carbocycles. The van der Waals surface area contributed by atoms with Crippen LogP contribution in [0.3, 0.4) is 0 Å². The zero-order chi connectivity index (χ0) is 14.4. The van der Waals surface area contributed by atoms with Crippen molar-refractivity contribution in [2.75, 3.05) is 0 Å². The standard InChI is InChI=1S/C20H18Ge.2ClH.Ti/c1-21(2,19-11-15-7-3-4-8-16(15)12-19)20-13-17-9-5-6-10-18(17)14-20;;;/h3-14H,1-2H3;2*1H;/q-2;;;+4/p-2. The van der Waals surface area contributed by atoms with Crippen LogP contribution in [0.4, 0.5) is 0 Å². The number of hydrogen-bond acceptors (Lipinski definition) is 0. The second kappa shape index (κ2) is 8.25. The van der Waals surface area contributed by atoms with Crippen LogP contribution in [0.2, 0.25) is 11.5 Å². The fraction of sp³-hybridized carbons (Fsp3) is 0.100. The summed E-state index contributed by atoms with van der Waals surface area (Å²) in [7, 11) is 0. The Morgan fingerprint density at radius 1 is 0.667 bits per heavy atom. The second-order valence-electron chi connectivity index (χ2n) is 6.37. The van der Waals surface area contributed by atoms with E-state index in [9.17, 15) is 0 Å². The maximum atomic E-state index is 2.50. The van der Waals surface area contributed by atoms with E-state index < -0.39 is 13.3 Å². The molecule has 0 aliphatic heterocycles. The van der Waals surface area contributed by atoms with Crippen molar-refractivity contribution in [1.29, 1.82) is 0 Å². The van der Waals surface area contributed by atoms with E-state index in [1.54, 1.807) is 8.79 Å². The Morgan fingerprint density at radius 2 is 1.04 bits per heavy atom. The van der Waals surface area contributed by atoms with E-state index in [2.05, 4.69) is 84.3 Å². The van der Waals surface area contributed by atoms with Crippen molar-refractivity contribution in [3.05, 3.63) is 72.8 Å². The van der Waals surface area contributed by atoms with Gasteiger partial charge in [-0.05, 0) is 0 Å². The predicted molar refractivity (Wildman–Crippen MR) is 95.8 cm³/mol. The van der Waals surface area contributed by atoms with Crippen molar-refractivity contribution in [2.45, 2.75) is 11.5 Å². The van der Waals surface area contributed by atoms with Gasteiger partial charge in [0.25, 0.3) is 0 Å². The van der Waals surface area contributed by atoms with Crippen molar-refractivity contribution in [3.63, 3.8) is 0 Å². The molecule has 0 spiro atoms. The zero-order valence-corrected chi connectivity index (χ0v) is 18.9. The molecule has 0 atom stereocenters. The van der Waals surface area contributed by atoms with E-state index in [4.69, 9.17) is 0 Å². The molecule has 0 amide bonds. The molecule has 0 aliphatic rings. The maximum Gasteiger partial charge on any atom is 4.00 e. The van der Waals surface area contributed by atoms with Gasteiger partial charge in [-0.25, -0.2) is 0 Å². The van der Waals surface area contributed by atoms with Crippen molar-refractivity contribution >= 4 is 43.6 Å². The van der Waals surface area contributed by atoms with Gasteiger partial charge < -0.3 is 24.8 Å². The van der Waals surface area contributed by atoms with Crippen LogP contribution in [-0.2, 0) is 21.7 Å². The van der Waals surface area contributed by atoms with E-state index in [0.717, 1.165) is 0 Å². The summed E-state index contributed by atoms with van der Waals surface area (Å²) in [6, 6.07) is 27.0. The summed E-state index contributed by atoms with van der Waals surface area (Å²) in [4.78, 5) is 0. The van der Waals surface area contributed by atoms with Crippen LogP contribution in [0.1, 0.15) is 0 Å². The van der Waals surface area contributed by atoms with Gasteiger partial charge in [-0.2, -0.15) is 0 Å². The van der Waals surface area contributed by atoms with Crippen molar-refractivity contribution < 1.29 is 46.5 Å². The van der Waals surface area contributed by atoms with Gasteiger partial charge in [0.1, 0.15) is 0 Å². The van der Waals surface area contributed by atoms with Crippen LogP contribution in [0, 0.1) is 0 Å². The van der Waals surface area contributed by atoms with Crippen LogP contribution >= 0.6 is 0 Å². The van der Waals surface area contributed by atoms with E-state index >= 15 is 0 Å². The van der Waals surface area contributed by atoms with Gasteiger partial charge in [-0.1, -0.05) is 0 Å². The maximum absolute atomic E-state index is 2.50. The van der Waals surface area contributed by atoms with Gasteiger partial charge in [0.05, 0.1) is 0 Å². The minimum Gasteiger partial charge on any atom is -1.00 e.